The van der Waals surface area contributed by atoms with Gasteiger partial charge in [0.15, 0.2) is 13.1 Å². The highest BCUT2D eigenvalue weighted by atomic mass is 16.7. The number of rotatable bonds is 7. The molecule has 1 fully saturated rings. The lowest BCUT2D eigenvalue weighted by atomic mass is 9.98. The molecule has 1 aliphatic rings. The summed E-state index contributed by atoms with van der Waals surface area (Å²) >= 11 is 0. The second-order valence-electron chi connectivity index (χ2n) is 5.70. The first kappa shape index (κ1) is 16.1. The van der Waals surface area contributed by atoms with Crippen LogP contribution in [0.1, 0.15) is 51.5 Å². The fraction of sp³-hybridized carbons (Fsp3) is 0.556. The van der Waals surface area contributed by atoms with Crippen LogP contribution >= 0.6 is 0 Å². The second kappa shape index (κ2) is 8.20. The Kier molecular flexibility index (Phi) is 6.27. The van der Waals surface area contributed by atoms with Crippen LogP contribution in [0, 0.1) is 0 Å². The molecule has 1 aliphatic carbocycles. The van der Waals surface area contributed by atoms with Crippen LogP contribution in [0.4, 0.5) is 0 Å². The molecule has 0 saturated heterocycles. The van der Waals surface area contributed by atoms with Crippen molar-refractivity contribution < 1.29 is 14.2 Å². The fourth-order valence-electron chi connectivity index (χ4n) is 2.51. The first-order chi connectivity index (χ1) is 10.1. The Morgan fingerprint density at radius 2 is 1.86 bits per heavy atom. The highest BCUT2D eigenvalue weighted by molar-refractivity contribution is 5.61. The summed E-state index contributed by atoms with van der Waals surface area (Å²) in [6.07, 6.45) is 6.23. The predicted molar refractivity (Wildman–Crippen MR) is 85.2 cm³/mol. The molecule has 0 spiro atoms. The number of allylic oxidation sites excluding steroid dienone is 1. The maximum Gasteiger partial charge on any atom is 0.199 e. The van der Waals surface area contributed by atoms with Gasteiger partial charge >= 0.3 is 0 Å². The molecule has 116 valence electrons. The Hall–Kier alpha value is -1.32. The molecule has 0 amide bonds. The van der Waals surface area contributed by atoms with Crippen LogP contribution in [0.15, 0.2) is 30.8 Å². The topological polar surface area (TPSA) is 27.7 Å². The lowest BCUT2D eigenvalue weighted by molar-refractivity contribution is -0.169. The van der Waals surface area contributed by atoms with E-state index < -0.39 is 0 Å². The Morgan fingerprint density at radius 3 is 2.48 bits per heavy atom. The van der Waals surface area contributed by atoms with Gasteiger partial charge in [-0.05, 0) is 44.4 Å². The third-order valence-corrected chi connectivity index (χ3v) is 3.81. The molecule has 0 N–H and O–H groups in total. The normalized spacial score (nSPS) is 17.4. The summed E-state index contributed by atoms with van der Waals surface area (Å²) in [6.45, 7) is 8.10. The van der Waals surface area contributed by atoms with E-state index in [1.165, 1.54) is 19.3 Å². The van der Waals surface area contributed by atoms with Crippen LogP contribution < -0.4 is 4.74 Å². The molecule has 3 heteroatoms. The smallest absolute Gasteiger partial charge is 0.199 e. The van der Waals surface area contributed by atoms with Gasteiger partial charge in [0.2, 0.25) is 0 Å². The average molecular weight is 290 g/mol. The van der Waals surface area contributed by atoms with Gasteiger partial charge in [0.05, 0.1) is 6.10 Å². The van der Waals surface area contributed by atoms with Crippen LogP contribution in [-0.4, -0.2) is 19.2 Å². The van der Waals surface area contributed by atoms with Gasteiger partial charge in [0.1, 0.15) is 5.75 Å². The molecule has 1 aromatic rings. The molecule has 1 aromatic carbocycles. The third kappa shape index (κ3) is 5.52. The average Bonchev–Trinajstić information content (AvgIpc) is 2.49. The molecule has 0 heterocycles. The quantitative estimate of drug-likeness (QED) is 0.677. The van der Waals surface area contributed by atoms with Gasteiger partial charge in [-0.2, -0.15) is 0 Å². The van der Waals surface area contributed by atoms with Gasteiger partial charge in [0, 0.05) is 0 Å². The number of benzene rings is 1. The fourth-order valence-corrected chi connectivity index (χ4v) is 2.51. The van der Waals surface area contributed by atoms with Gasteiger partial charge in [0.25, 0.3) is 0 Å². The minimum Gasteiger partial charge on any atom is -0.465 e. The maximum absolute atomic E-state index is 5.73. The molecule has 0 radical (unpaired) electrons. The van der Waals surface area contributed by atoms with E-state index in [-0.39, 0.29) is 6.29 Å². The zero-order valence-electron chi connectivity index (χ0n) is 13.1. The SMILES string of the molecule is C=C(C)c1ccc(OC(C)OCOC2CCCCC2)cc1. The van der Waals surface area contributed by atoms with Crippen LogP contribution in [0.3, 0.4) is 0 Å². The Bertz CT molecular complexity index is 432. The summed E-state index contributed by atoms with van der Waals surface area (Å²) in [7, 11) is 0. The van der Waals surface area contributed by atoms with Crippen molar-refractivity contribution in [1.29, 1.82) is 0 Å². The van der Waals surface area contributed by atoms with Crippen molar-refractivity contribution >= 4 is 5.57 Å². The van der Waals surface area contributed by atoms with Crippen molar-refractivity contribution in [2.24, 2.45) is 0 Å². The van der Waals surface area contributed by atoms with Crippen molar-refractivity contribution in [2.45, 2.75) is 58.3 Å². The Labute approximate surface area is 127 Å². The summed E-state index contributed by atoms with van der Waals surface area (Å²) in [4.78, 5) is 0. The van der Waals surface area contributed by atoms with Crippen LogP contribution in [-0.2, 0) is 9.47 Å². The van der Waals surface area contributed by atoms with E-state index in [1.54, 1.807) is 0 Å². The Balaban J connectivity index is 1.68. The monoisotopic (exact) mass is 290 g/mol. The molecular formula is C18H26O3. The van der Waals surface area contributed by atoms with Crippen molar-refractivity contribution in [2.75, 3.05) is 6.79 Å². The molecule has 1 atom stereocenters. The summed E-state index contributed by atoms with van der Waals surface area (Å²) in [6, 6.07) is 7.88. The van der Waals surface area contributed by atoms with Crippen LogP contribution in [0.2, 0.25) is 0 Å². The molecule has 0 aliphatic heterocycles. The minimum absolute atomic E-state index is 0.301. The highest BCUT2D eigenvalue weighted by Crippen LogP contribution is 2.21. The molecule has 3 nitrogen and oxygen atoms in total. The number of hydrogen-bond acceptors (Lipinski definition) is 3. The van der Waals surface area contributed by atoms with E-state index in [4.69, 9.17) is 14.2 Å². The predicted octanol–water partition coefficient (Wildman–Crippen LogP) is 4.77. The number of ether oxygens (including phenoxy) is 3. The standard InChI is InChI=1S/C18H26O3/c1-14(2)16-9-11-18(12-10-16)21-15(3)19-13-20-17-7-5-4-6-8-17/h9-12,15,17H,1,4-8,13H2,2-3H3. The van der Waals surface area contributed by atoms with E-state index in [0.29, 0.717) is 12.9 Å². The van der Waals surface area contributed by atoms with Crippen molar-refractivity contribution in [3.63, 3.8) is 0 Å². The van der Waals surface area contributed by atoms with E-state index >= 15 is 0 Å². The lowest BCUT2D eigenvalue weighted by Crippen LogP contribution is -2.23. The van der Waals surface area contributed by atoms with Gasteiger partial charge in [-0.1, -0.05) is 43.5 Å². The zero-order valence-corrected chi connectivity index (χ0v) is 13.1. The first-order valence-electron chi connectivity index (χ1n) is 7.81. The Morgan fingerprint density at radius 1 is 1.19 bits per heavy atom. The van der Waals surface area contributed by atoms with Gasteiger partial charge in [-0.3, -0.25) is 0 Å². The highest BCUT2D eigenvalue weighted by Gasteiger charge is 2.14. The van der Waals surface area contributed by atoms with Gasteiger partial charge < -0.3 is 14.2 Å². The summed E-state index contributed by atoms with van der Waals surface area (Å²) in [5.41, 5.74) is 2.17. The van der Waals surface area contributed by atoms with Crippen LogP contribution in [0.5, 0.6) is 5.75 Å². The largest absolute Gasteiger partial charge is 0.465 e. The van der Waals surface area contributed by atoms with Gasteiger partial charge in [-0.25, -0.2) is 0 Å². The van der Waals surface area contributed by atoms with E-state index in [2.05, 4.69) is 6.58 Å². The van der Waals surface area contributed by atoms with Crippen molar-refractivity contribution in [3.05, 3.63) is 36.4 Å². The van der Waals surface area contributed by atoms with E-state index in [1.807, 2.05) is 38.1 Å². The lowest BCUT2D eigenvalue weighted by Gasteiger charge is -2.23. The molecule has 0 bridgehead atoms. The summed E-state index contributed by atoms with van der Waals surface area (Å²) in [5, 5.41) is 0. The van der Waals surface area contributed by atoms with Crippen LogP contribution in [0.25, 0.3) is 5.57 Å². The molecule has 0 aromatic heterocycles. The maximum atomic E-state index is 5.73. The molecule has 1 saturated carbocycles. The van der Waals surface area contributed by atoms with Crippen molar-refractivity contribution in [3.8, 4) is 5.75 Å². The molecule has 1 unspecified atom stereocenters. The minimum atomic E-state index is -0.315. The van der Waals surface area contributed by atoms with Crippen molar-refractivity contribution in [1.82, 2.24) is 0 Å². The first-order valence-corrected chi connectivity index (χ1v) is 7.81. The second-order valence-corrected chi connectivity index (χ2v) is 5.70. The molecule has 21 heavy (non-hydrogen) atoms. The zero-order chi connectivity index (χ0) is 15.1. The van der Waals surface area contributed by atoms with Gasteiger partial charge in [-0.15, -0.1) is 0 Å². The van der Waals surface area contributed by atoms with E-state index in [9.17, 15) is 0 Å². The molecule has 2 rings (SSSR count). The molecular weight excluding hydrogens is 264 g/mol. The number of hydrogen-bond donors (Lipinski definition) is 0. The van der Waals surface area contributed by atoms with E-state index in [0.717, 1.165) is 29.7 Å². The summed E-state index contributed by atoms with van der Waals surface area (Å²) < 4.78 is 17.0. The summed E-state index contributed by atoms with van der Waals surface area (Å²) in [5.74, 6) is 0.796. The third-order valence-electron chi connectivity index (χ3n) is 3.81.